The van der Waals surface area contributed by atoms with Crippen molar-refractivity contribution in [1.82, 2.24) is 10.1 Å². The first-order valence-electron chi connectivity index (χ1n) is 15.0. The van der Waals surface area contributed by atoms with Crippen molar-refractivity contribution in [3.8, 4) is 11.3 Å². The summed E-state index contributed by atoms with van der Waals surface area (Å²) in [4.78, 5) is 29.5. The van der Waals surface area contributed by atoms with Gasteiger partial charge in [-0.2, -0.15) is 0 Å². The molecule has 228 valence electrons. The molecule has 2 aromatic carbocycles. The van der Waals surface area contributed by atoms with E-state index in [2.05, 4.69) is 10.1 Å². The highest BCUT2D eigenvalue weighted by molar-refractivity contribution is 5.96. The highest BCUT2D eigenvalue weighted by Gasteiger charge is 2.51. The van der Waals surface area contributed by atoms with E-state index >= 15 is 0 Å². The largest absolute Gasteiger partial charge is 0.380 e. The highest BCUT2D eigenvalue weighted by Crippen LogP contribution is 2.48. The van der Waals surface area contributed by atoms with Crippen molar-refractivity contribution in [2.75, 3.05) is 26.3 Å². The average Bonchev–Trinajstić information content (AvgIpc) is 3.40. The van der Waals surface area contributed by atoms with E-state index in [1.807, 2.05) is 19.9 Å². The van der Waals surface area contributed by atoms with Gasteiger partial charge in [0.1, 0.15) is 28.9 Å². The normalized spacial score (nSPS) is 20.0. The number of rotatable bonds is 10. The predicted molar refractivity (Wildman–Crippen MR) is 154 cm³/mol. The summed E-state index contributed by atoms with van der Waals surface area (Å²) in [6.45, 7) is 6.79. The molecule has 6 nitrogen and oxygen atoms in total. The molecule has 0 N–H and O–H groups in total. The lowest BCUT2D eigenvalue weighted by molar-refractivity contribution is -0.149. The molecular formula is C34H37F3N2O4. The minimum atomic E-state index is -0.810. The fourth-order valence-corrected chi connectivity index (χ4v) is 7.26. The van der Waals surface area contributed by atoms with Crippen LogP contribution in [0.3, 0.4) is 0 Å². The second-order valence-corrected chi connectivity index (χ2v) is 13.7. The van der Waals surface area contributed by atoms with Crippen LogP contribution in [0.1, 0.15) is 74.8 Å². The number of hydrogen-bond acceptors (Lipinski definition) is 6. The van der Waals surface area contributed by atoms with Crippen LogP contribution in [-0.4, -0.2) is 54.0 Å². The molecule has 0 atom stereocenters. The maximum absolute atomic E-state index is 14.3. The molecule has 0 bridgehead atoms. The topological polar surface area (TPSA) is 72.6 Å². The Kier molecular flexibility index (Phi) is 7.84. The van der Waals surface area contributed by atoms with Crippen LogP contribution in [0.25, 0.3) is 11.3 Å². The van der Waals surface area contributed by atoms with Gasteiger partial charge >= 0.3 is 0 Å². The standard InChI is InChI=1S/C34H37F3N2O4/c1-32(2,22-4-3-5-23(35)12-22)15-26(40)16-34(18-39(19-34)25-8-10-33(11-9-25)20-42-21-33)17-30(41)29-14-31(43-38-29)27-7-6-24(36)13-28(27)37/h3-7,12-14,25H,8-11,15-21H2,1-2H3. The van der Waals surface area contributed by atoms with E-state index in [1.165, 1.54) is 24.3 Å². The number of nitrogens with zero attached hydrogens (tertiary/aromatic N) is 2. The molecule has 3 heterocycles. The van der Waals surface area contributed by atoms with Crippen LogP contribution < -0.4 is 0 Å². The molecule has 1 aromatic heterocycles. The van der Waals surface area contributed by atoms with Crippen LogP contribution in [0.2, 0.25) is 0 Å². The van der Waals surface area contributed by atoms with Crippen molar-refractivity contribution in [2.24, 2.45) is 10.8 Å². The zero-order valence-corrected chi connectivity index (χ0v) is 24.6. The molecule has 1 spiro atoms. The lowest BCUT2D eigenvalue weighted by Gasteiger charge is -2.56. The number of hydrogen-bond donors (Lipinski definition) is 0. The smallest absolute Gasteiger partial charge is 0.185 e. The van der Waals surface area contributed by atoms with Gasteiger partial charge in [0.15, 0.2) is 11.5 Å². The minimum Gasteiger partial charge on any atom is -0.380 e. The summed E-state index contributed by atoms with van der Waals surface area (Å²) in [5.41, 5.74) is 0.00699. The monoisotopic (exact) mass is 594 g/mol. The molecule has 3 fully saturated rings. The summed E-state index contributed by atoms with van der Waals surface area (Å²) >= 11 is 0. The van der Waals surface area contributed by atoms with Crippen LogP contribution in [0, 0.1) is 28.3 Å². The fraction of sp³-hybridized carbons (Fsp3) is 0.500. The lowest BCUT2D eigenvalue weighted by Crippen LogP contribution is -2.62. The third kappa shape index (κ3) is 6.20. The number of benzene rings is 2. The van der Waals surface area contributed by atoms with Crippen LogP contribution in [0.15, 0.2) is 53.1 Å². The zero-order valence-electron chi connectivity index (χ0n) is 24.6. The third-order valence-corrected chi connectivity index (χ3v) is 9.77. The summed E-state index contributed by atoms with van der Waals surface area (Å²) in [5.74, 6) is -2.10. The van der Waals surface area contributed by atoms with Gasteiger partial charge in [-0.1, -0.05) is 31.1 Å². The number of likely N-dealkylation sites (tertiary alicyclic amines) is 1. The first kappa shape index (κ1) is 29.8. The van der Waals surface area contributed by atoms with E-state index in [1.54, 1.807) is 6.07 Å². The summed E-state index contributed by atoms with van der Waals surface area (Å²) in [6.07, 6.45) is 4.93. The molecule has 2 aliphatic heterocycles. The van der Waals surface area contributed by atoms with E-state index in [-0.39, 0.29) is 53.7 Å². The third-order valence-electron chi connectivity index (χ3n) is 9.77. The Bertz CT molecular complexity index is 1510. The van der Waals surface area contributed by atoms with Crippen LogP contribution in [0.4, 0.5) is 13.2 Å². The number of halogens is 3. The van der Waals surface area contributed by atoms with E-state index in [0.717, 1.165) is 56.6 Å². The number of ketones is 2. The second-order valence-electron chi connectivity index (χ2n) is 13.7. The van der Waals surface area contributed by atoms with Gasteiger partial charge in [0.25, 0.3) is 0 Å². The molecule has 0 unspecified atom stereocenters. The number of carbonyl (C=O) groups excluding carboxylic acids is 2. The van der Waals surface area contributed by atoms with Crippen molar-refractivity contribution in [2.45, 2.75) is 70.3 Å². The Balaban J connectivity index is 1.17. The summed E-state index contributed by atoms with van der Waals surface area (Å²) < 4.78 is 52.4. The average molecular weight is 595 g/mol. The van der Waals surface area contributed by atoms with Gasteiger partial charge < -0.3 is 9.26 Å². The molecule has 0 amide bonds. The molecule has 3 aromatic rings. The van der Waals surface area contributed by atoms with Gasteiger partial charge in [-0.3, -0.25) is 14.5 Å². The first-order valence-corrected chi connectivity index (χ1v) is 15.0. The molecule has 6 rings (SSSR count). The van der Waals surface area contributed by atoms with Gasteiger partial charge in [-0.15, -0.1) is 0 Å². The second kappa shape index (κ2) is 11.3. The maximum Gasteiger partial charge on any atom is 0.185 e. The maximum atomic E-state index is 14.3. The lowest BCUT2D eigenvalue weighted by atomic mass is 9.66. The summed E-state index contributed by atoms with van der Waals surface area (Å²) in [6, 6.07) is 11.2. The van der Waals surface area contributed by atoms with Gasteiger partial charge in [0.2, 0.25) is 0 Å². The first-order chi connectivity index (χ1) is 20.4. The van der Waals surface area contributed by atoms with Crippen molar-refractivity contribution in [3.63, 3.8) is 0 Å². The van der Waals surface area contributed by atoms with Crippen molar-refractivity contribution >= 4 is 11.6 Å². The zero-order chi connectivity index (χ0) is 30.4. The van der Waals surface area contributed by atoms with E-state index in [9.17, 15) is 22.8 Å². The van der Waals surface area contributed by atoms with Gasteiger partial charge in [-0.25, -0.2) is 13.2 Å². The Hall–Kier alpha value is -3.30. The number of ether oxygens (including phenoxy) is 1. The van der Waals surface area contributed by atoms with Crippen LogP contribution >= 0.6 is 0 Å². The van der Waals surface area contributed by atoms with E-state index in [4.69, 9.17) is 9.26 Å². The minimum absolute atomic E-state index is 0.0131. The Labute approximate surface area is 249 Å². The molecular weight excluding hydrogens is 557 g/mol. The Morgan fingerprint density at radius 2 is 1.70 bits per heavy atom. The molecule has 3 aliphatic rings. The Morgan fingerprint density at radius 1 is 0.977 bits per heavy atom. The number of Topliss-reactive ketones (excluding diaryl/α,β-unsaturated/α-hetero) is 2. The number of aromatic nitrogens is 1. The molecule has 43 heavy (non-hydrogen) atoms. The highest BCUT2D eigenvalue weighted by atomic mass is 19.1. The molecule has 2 saturated heterocycles. The molecule has 0 radical (unpaired) electrons. The summed E-state index contributed by atoms with van der Waals surface area (Å²) in [7, 11) is 0. The van der Waals surface area contributed by atoms with E-state index < -0.39 is 22.5 Å². The van der Waals surface area contributed by atoms with Gasteiger partial charge in [0.05, 0.1) is 18.8 Å². The molecule has 1 aliphatic carbocycles. The van der Waals surface area contributed by atoms with Crippen molar-refractivity contribution < 1.29 is 32.0 Å². The SMILES string of the molecule is CC(C)(CC(=O)CC1(CC(=O)c2cc(-c3ccc(F)cc3F)on2)CN(C2CCC3(CC2)COC3)C1)c1cccc(F)c1. The van der Waals surface area contributed by atoms with Crippen LogP contribution in [0.5, 0.6) is 0 Å². The van der Waals surface area contributed by atoms with Crippen LogP contribution in [-0.2, 0) is 14.9 Å². The van der Waals surface area contributed by atoms with Crippen molar-refractivity contribution in [3.05, 3.63) is 77.2 Å². The quantitative estimate of drug-likeness (QED) is 0.237. The van der Waals surface area contributed by atoms with Gasteiger partial charge in [0, 0.05) is 61.4 Å². The Morgan fingerprint density at radius 3 is 2.35 bits per heavy atom. The van der Waals surface area contributed by atoms with Crippen molar-refractivity contribution in [1.29, 1.82) is 0 Å². The predicted octanol–water partition coefficient (Wildman–Crippen LogP) is 6.92. The fourth-order valence-electron chi connectivity index (χ4n) is 7.26. The number of carbonyl (C=O) groups is 2. The summed E-state index contributed by atoms with van der Waals surface area (Å²) in [5, 5.41) is 3.89. The molecule has 9 heteroatoms. The van der Waals surface area contributed by atoms with E-state index in [0.29, 0.717) is 24.5 Å². The van der Waals surface area contributed by atoms with Gasteiger partial charge in [-0.05, 0) is 60.9 Å². The molecule has 1 saturated carbocycles.